The monoisotopic (exact) mass is 479 g/mol. The van der Waals surface area contributed by atoms with Gasteiger partial charge >= 0.3 is 0 Å². The fourth-order valence-electron chi connectivity index (χ4n) is 4.65. The van der Waals surface area contributed by atoms with Crippen LogP contribution in [0.4, 0.5) is 5.82 Å². The first-order chi connectivity index (χ1) is 16.6. The summed E-state index contributed by atoms with van der Waals surface area (Å²) < 4.78 is 6.83. The summed E-state index contributed by atoms with van der Waals surface area (Å²) in [5, 5.41) is 11.9. The fraction of sp³-hybridized carbons (Fsp3) is 0.400. The summed E-state index contributed by atoms with van der Waals surface area (Å²) in [6.07, 6.45) is 0. The summed E-state index contributed by atoms with van der Waals surface area (Å²) in [7, 11) is 0. The van der Waals surface area contributed by atoms with E-state index in [1.54, 1.807) is 0 Å². The van der Waals surface area contributed by atoms with E-state index in [9.17, 15) is 9.59 Å². The molecule has 2 fully saturated rings. The minimum absolute atomic E-state index is 0.00112. The molecule has 8 nitrogen and oxygen atoms in total. The molecule has 4 heterocycles. The number of nitrogens with zero attached hydrogens (tertiary/aromatic N) is 4. The molecule has 1 amide bonds. The van der Waals surface area contributed by atoms with Crippen LogP contribution in [0.3, 0.4) is 0 Å². The number of anilines is 1. The molecule has 1 N–H and O–H groups in total. The maximum Gasteiger partial charge on any atom is 0.280 e. The number of hydrogen-bond acceptors (Lipinski definition) is 7. The van der Waals surface area contributed by atoms with Gasteiger partial charge in [-0.2, -0.15) is 21.1 Å². The molecular formula is C25H29N5O3S. The molecule has 2 aromatic heterocycles. The van der Waals surface area contributed by atoms with Crippen molar-refractivity contribution in [2.75, 3.05) is 44.7 Å². The number of rotatable bonds is 7. The number of thiophene rings is 1. The van der Waals surface area contributed by atoms with E-state index in [0.29, 0.717) is 56.7 Å². The first-order valence-electron chi connectivity index (χ1n) is 11.6. The number of morpholine rings is 1. The molecule has 0 radical (unpaired) electrons. The third kappa shape index (κ3) is 4.77. The first kappa shape index (κ1) is 22.8. The van der Waals surface area contributed by atoms with E-state index in [4.69, 9.17) is 9.84 Å². The zero-order valence-corrected chi connectivity index (χ0v) is 20.0. The summed E-state index contributed by atoms with van der Waals surface area (Å²) in [5.74, 6) is 0.968. The Labute approximate surface area is 203 Å². The van der Waals surface area contributed by atoms with E-state index in [0.717, 1.165) is 17.8 Å². The van der Waals surface area contributed by atoms with E-state index in [1.165, 1.54) is 16.0 Å². The lowest BCUT2D eigenvalue weighted by atomic mass is 9.88. The van der Waals surface area contributed by atoms with Gasteiger partial charge in [0.15, 0.2) is 0 Å². The number of nitrogens with one attached hydrogen (secondary N) is 1. The number of amides is 1. The Bertz CT molecular complexity index is 1120. The second-order valence-electron chi connectivity index (χ2n) is 8.87. The van der Waals surface area contributed by atoms with Gasteiger partial charge in [0.2, 0.25) is 5.91 Å². The Morgan fingerprint density at radius 1 is 1.18 bits per heavy atom. The Morgan fingerprint density at radius 2 is 1.97 bits per heavy atom. The highest BCUT2D eigenvalue weighted by atomic mass is 32.1. The number of carbonyl (C=O) groups is 2. The average molecular weight is 480 g/mol. The van der Waals surface area contributed by atoms with Gasteiger partial charge in [-0.15, -0.1) is 0 Å². The van der Waals surface area contributed by atoms with Crippen molar-refractivity contribution in [1.29, 1.82) is 0 Å². The molecule has 0 spiro atoms. The average Bonchev–Trinajstić information content (AvgIpc) is 3.54. The molecule has 3 aromatic rings. The van der Waals surface area contributed by atoms with Crippen LogP contribution in [0, 0.1) is 5.92 Å². The molecule has 2 atom stereocenters. The molecule has 0 saturated carbocycles. The highest BCUT2D eigenvalue weighted by Gasteiger charge is 2.40. The molecule has 2 saturated heterocycles. The summed E-state index contributed by atoms with van der Waals surface area (Å²) in [4.78, 5) is 30.1. The van der Waals surface area contributed by atoms with E-state index in [1.807, 2.05) is 58.1 Å². The van der Waals surface area contributed by atoms with Gasteiger partial charge in [0, 0.05) is 37.6 Å². The fourth-order valence-corrected chi connectivity index (χ4v) is 5.28. The van der Waals surface area contributed by atoms with Crippen molar-refractivity contribution in [3.8, 4) is 0 Å². The number of carbonyl (C=O) groups excluding carboxylic acids is 2. The third-order valence-electron chi connectivity index (χ3n) is 6.47. The molecule has 1 aromatic carbocycles. The van der Waals surface area contributed by atoms with Crippen LogP contribution in [0.1, 0.15) is 34.6 Å². The number of hydrogen-bond donors (Lipinski definition) is 1. The molecule has 178 valence electrons. The zero-order chi connectivity index (χ0) is 23.5. The van der Waals surface area contributed by atoms with E-state index >= 15 is 0 Å². The molecule has 2 unspecified atom stereocenters. The number of benzene rings is 1. The van der Waals surface area contributed by atoms with Gasteiger partial charge in [-0.25, -0.2) is 0 Å². The molecular weight excluding hydrogens is 450 g/mol. The number of likely N-dealkylation sites (tertiary alicyclic amines) is 1. The zero-order valence-electron chi connectivity index (χ0n) is 19.2. The van der Waals surface area contributed by atoms with Crippen molar-refractivity contribution in [3.05, 3.63) is 70.0 Å². The Hall–Kier alpha value is -3.01. The first-order valence-corrected chi connectivity index (χ1v) is 12.6. The highest BCUT2D eigenvalue weighted by Crippen LogP contribution is 2.38. The molecule has 34 heavy (non-hydrogen) atoms. The minimum atomic E-state index is -0.161. The lowest BCUT2D eigenvalue weighted by molar-refractivity contribution is -0.140. The second-order valence-corrected chi connectivity index (χ2v) is 9.65. The van der Waals surface area contributed by atoms with E-state index in [2.05, 4.69) is 17.1 Å². The van der Waals surface area contributed by atoms with Gasteiger partial charge in [-0.05, 0) is 22.9 Å². The lowest BCUT2D eigenvalue weighted by Gasteiger charge is -2.46. The molecule has 9 heteroatoms. The molecule has 0 aliphatic carbocycles. The maximum absolute atomic E-state index is 13.2. The van der Waals surface area contributed by atoms with E-state index in [-0.39, 0.29) is 17.9 Å². The molecule has 5 rings (SSSR count). The quantitative estimate of drug-likeness (QED) is 0.561. The van der Waals surface area contributed by atoms with Crippen LogP contribution in [-0.4, -0.2) is 70.8 Å². The molecule has 2 aliphatic heterocycles. The van der Waals surface area contributed by atoms with Crippen molar-refractivity contribution in [2.45, 2.75) is 19.5 Å². The van der Waals surface area contributed by atoms with Gasteiger partial charge in [0.25, 0.3) is 5.91 Å². The van der Waals surface area contributed by atoms with Crippen LogP contribution in [-0.2, 0) is 16.1 Å². The number of aromatic nitrogens is 2. The lowest BCUT2D eigenvalue weighted by Crippen LogP contribution is -2.54. The van der Waals surface area contributed by atoms with Crippen molar-refractivity contribution >= 4 is 29.0 Å². The van der Waals surface area contributed by atoms with Crippen molar-refractivity contribution in [2.24, 2.45) is 5.92 Å². The highest BCUT2D eigenvalue weighted by molar-refractivity contribution is 7.08. The predicted molar refractivity (Wildman–Crippen MR) is 131 cm³/mol. The van der Waals surface area contributed by atoms with Crippen LogP contribution in [0.2, 0.25) is 0 Å². The summed E-state index contributed by atoms with van der Waals surface area (Å²) >= 11 is 1.49. The van der Waals surface area contributed by atoms with E-state index < -0.39 is 0 Å². The largest absolute Gasteiger partial charge is 0.378 e. The summed E-state index contributed by atoms with van der Waals surface area (Å²) in [6, 6.07) is 13.8. The second kappa shape index (κ2) is 10.1. The van der Waals surface area contributed by atoms with Crippen LogP contribution >= 0.6 is 11.3 Å². The van der Waals surface area contributed by atoms with Crippen LogP contribution in [0.5, 0.6) is 0 Å². The normalized spacial score (nSPS) is 20.7. The standard InChI is InChI=1S/C25H29N5O3S/c1-18-15-29(16-23(31)28-8-10-33-11-9-28)24(18)21-13-22(26-14-19-5-3-2-4-6-19)30(27-21)25(32)20-7-12-34-17-20/h2-7,12-13,17-18,24,26H,8-11,14-16H2,1H3. The van der Waals surface area contributed by atoms with Gasteiger partial charge in [-0.3, -0.25) is 14.5 Å². The minimum Gasteiger partial charge on any atom is -0.378 e. The number of ether oxygens (including phenoxy) is 1. The van der Waals surface area contributed by atoms with Gasteiger partial charge in [-0.1, -0.05) is 37.3 Å². The Kier molecular flexibility index (Phi) is 6.75. The van der Waals surface area contributed by atoms with Gasteiger partial charge in [0.05, 0.1) is 37.1 Å². The maximum atomic E-state index is 13.2. The molecule has 2 aliphatic rings. The van der Waals surface area contributed by atoms with Gasteiger partial charge < -0.3 is 15.0 Å². The van der Waals surface area contributed by atoms with Crippen molar-refractivity contribution in [3.63, 3.8) is 0 Å². The SMILES string of the molecule is CC1CN(CC(=O)N2CCOCC2)C1c1cc(NCc2ccccc2)n(C(=O)c2ccsc2)n1. The van der Waals surface area contributed by atoms with Crippen LogP contribution in [0.25, 0.3) is 0 Å². The summed E-state index contributed by atoms with van der Waals surface area (Å²) in [6.45, 7) is 6.41. The molecule has 0 bridgehead atoms. The third-order valence-corrected chi connectivity index (χ3v) is 7.15. The Balaban J connectivity index is 1.36. The predicted octanol–water partition coefficient (Wildman–Crippen LogP) is 3.10. The smallest absolute Gasteiger partial charge is 0.280 e. The van der Waals surface area contributed by atoms with Crippen molar-refractivity contribution in [1.82, 2.24) is 19.6 Å². The topological polar surface area (TPSA) is 79.7 Å². The Morgan fingerprint density at radius 3 is 2.68 bits per heavy atom. The van der Waals surface area contributed by atoms with Crippen LogP contribution in [0.15, 0.2) is 53.2 Å². The van der Waals surface area contributed by atoms with Crippen LogP contribution < -0.4 is 5.32 Å². The van der Waals surface area contributed by atoms with Gasteiger partial charge in [0.1, 0.15) is 5.82 Å². The van der Waals surface area contributed by atoms with Crippen molar-refractivity contribution < 1.29 is 14.3 Å². The summed E-state index contributed by atoms with van der Waals surface area (Å²) in [5.41, 5.74) is 2.55.